The molecule has 1 heterocycles. The monoisotopic (exact) mass is 283 g/mol. The van der Waals surface area contributed by atoms with E-state index in [2.05, 4.69) is 0 Å². The van der Waals surface area contributed by atoms with Crippen LogP contribution in [0.3, 0.4) is 0 Å². The van der Waals surface area contributed by atoms with Crippen LogP contribution in [0.4, 0.5) is 4.79 Å². The molecule has 1 aliphatic rings. The topological polar surface area (TPSA) is 66.8 Å². The summed E-state index contributed by atoms with van der Waals surface area (Å²) < 4.78 is 5.36. The number of aldehydes is 1. The van der Waals surface area contributed by atoms with Gasteiger partial charge in [0, 0.05) is 6.54 Å². The van der Waals surface area contributed by atoms with Gasteiger partial charge in [-0.2, -0.15) is 0 Å². The summed E-state index contributed by atoms with van der Waals surface area (Å²) in [6, 6.07) is -0.186. The highest BCUT2D eigenvalue weighted by Gasteiger charge is 2.35. The summed E-state index contributed by atoms with van der Waals surface area (Å²) in [5.74, 6) is 0. The minimum atomic E-state index is -0.582. The SMILES string of the molecule is CC(C)(C)OC(=O)N1CCC[C@H]1C(O)CC/C=C/C=O. The number of hydrogen-bond acceptors (Lipinski definition) is 4. The van der Waals surface area contributed by atoms with Crippen molar-refractivity contribution < 1.29 is 19.4 Å². The van der Waals surface area contributed by atoms with Crippen LogP contribution in [-0.2, 0) is 9.53 Å². The lowest BCUT2D eigenvalue weighted by atomic mass is 10.0. The maximum atomic E-state index is 12.1. The molecular formula is C15H25NO4. The Morgan fingerprint density at radius 2 is 2.20 bits per heavy atom. The van der Waals surface area contributed by atoms with Gasteiger partial charge in [0.25, 0.3) is 0 Å². The van der Waals surface area contributed by atoms with Crippen molar-refractivity contribution in [3.63, 3.8) is 0 Å². The summed E-state index contributed by atoms with van der Waals surface area (Å²) in [4.78, 5) is 23.9. The summed E-state index contributed by atoms with van der Waals surface area (Å²) in [7, 11) is 0. The van der Waals surface area contributed by atoms with Gasteiger partial charge in [-0.15, -0.1) is 0 Å². The lowest BCUT2D eigenvalue weighted by molar-refractivity contribution is -0.104. The number of nitrogens with zero attached hydrogens (tertiary/aromatic N) is 1. The Morgan fingerprint density at radius 1 is 1.50 bits per heavy atom. The van der Waals surface area contributed by atoms with Crippen LogP contribution in [0.25, 0.3) is 0 Å². The van der Waals surface area contributed by atoms with Gasteiger partial charge in [-0.1, -0.05) is 6.08 Å². The molecule has 0 radical (unpaired) electrons. The molecule has 0 aliphatic carbocycles. The molecule has 0 aromatic heterocycles. The predicted molar refractivity (Wildman–Crippen MR) is 76.4 cm³/mol. The van der Waals surface area contributed by atoms with Crippen molar-refractivity contribution in [1.29, 1.82) is 0 Å². The van der Waals surface area contributed by atoms with E-state index in [1.807, 2.05) is 20.8 Å². The molecule has 0 saturated carbocycles. The number of likely N-dealkylation sites (tertiary alicyclic amines) is 1. The molecule has 1 unspecified atom stereocenters. The molecular weight excluding hydrogens is 258 g/mol. The Bertz CT molecular complexity index is 359. The molecule has 114 valence electrons. The number of carbonyl (C=O) groups is 2. The first-order valence-corrected chi connectivity index (χ1v) is 7.13. The molecule has 2 atom stereocenters. The zero-order valence-corrected chi connectivity index (χ0v) is 12.5. The molecule has 0 spiro atoms. The number of aliphatic hydroxyl groups excluding tert-OH is 1. The van der Waals surface area contributed by atoms with Crippen LogP contribution >= 0.6 is 0 Å². The van der Waals surface area contributed by atoms with Crippen LogP contribution in [0.1, 0.15) is 46.5 Å². The number of allylic oxidation sites excluding steroid dienone is 2. The summed E-state index contributed by atoms with van der Waals surface area (Å²) in [5.41, 5.74) is -0.526. The highest BCUT2D eigenvalue weighted by molar-refractivity contribution is 5.69. The van der Waals surface area contributed by atoms with Gasteiger partial charge in [0.1, 0.15) is 11.9 Å². The standard InChI is InChI=1S/C15H25NO4/c1-15(2,3)20-14(19)16-10-7-8-12(16)13(18)9-5-4-6-11-17/h4,6,11-13,18H,5,7-10H2,1-3H3/b6-4+/t12-,13?/m0/s1. The Kier molecular flexibility index (Phi) is 6.20. The fraction of sp³-hybridized carbons (Fsp3) is 0.733. The minimum absolute atomic E-state index is 0.186. The van der Waals surface area contributed by atoms with Gasteiger partial charge >= 0.3 is 6.09 Å². The predicted octanol–water partition coefficient (Wildman–Crippen LogP) is 2.28. The molecule has 5 nitrogen and oxygen atoms in total. The van der Waals surface area contributed by atoms with Crippen LogP contribution in [0.2, 0.25) is 0 Å². The second-order valence-electron chi connectivity index (χ2n) is 6.09. The van der Waals surface area contributed by atoms with Crippen LogP contribution in [0, 0.1) is 0 Å². The Balaban J connectivity index is 2.53. The molecule has 1 N–H and O–H groups in total. The average Bonchev–Trinajstić information content (AvgIpc) is 2.81. The normalized spacial score (nSPS) is 21.2. The van der Waals surface area contributed by atoms with E-state index >= 15 is 0 Å². The van der Waals surface area contributed by atoms with Crippen LogP contribution in [-0.4, -0.2) is 46.7 Å². The van der Waals surface area contributed by atoms with Gasteiger partial charge in [-0.25, -0.2) is 4.79 Å². The molecule has 1 fully saturated rings. The number of amides is 1. The van der Waals surface area contributed by atoms with E-state index in [0.29, 0.717) is 19.4 Å². The highest BCUT2D eigenvalue weighted by atomic mass is 16.6. The maximum absolute atomic E-state index is 12.1. The van der Waals surface area contributed by atoms with E-state index in [1.54, 1.807) is 11.0 Å². The zero-order chi connectivity index (χ0) is 15.2. The molecule has 1 saturated heterocycles. The molecule has 5 heteroatoms. The van der Waals surface area contributed by atoms with Gasteiger partial charge < -0.3 is 14.7 Å². The fourth-order valence-corrected chi connectivity index (χ4v) is 2.35. The van der Waals surface area contributed by atoms with E-state index in [1.165, 1.54) is 6.08 Å². The van der Waals surface area contributed by atoms with Crippen LogP contribution in [0.15, 0.2) is 12.2 Å². The van der Waals surface area contributed by atoms with E-state index in [4.69, 9.17) is 4.74 Å². The van der Waals surface area contributed by atoms with Crippen LogP contribution < -0.4 is 0 Å². The Morgan fingerprint density at radius 3 is 2.80 bits per heavy atom. The number of ether oxygens (including phenoxy) is 1. The lowest BCUT2D eigenvalue weighted by Crippen LogP contribution is -2.45. The first-order chi connectivity index (χ1) is 9.35. The van der Waals surface area contributed by atoms with Gasteiger partial charge in [0.05, 0.1) is 12.1 Å². The largest absolute Gasteiger partial charge is 0.444 e. The Labute approximate surface area is 120 Å². The van der Waals surface area contributed by atoms with E-state index in [-0.39, 0.29) is 12.1 Å². The first-order valence-electron chi connectivity index (χ1n) is 7.13. The maximum Gasteiger partial charge on any atom is 0.410 e. The van der Waals surface area contributed by atoms with Gasteiger partial charge in [-0.3, -0.25) is 4.79 Å². The third-order valence-corrected chi connectivity index (χ3v) is 3.22. The highest BCUT2D eigenvalue weighted by Crippen LogP contribution is 2.24. The molecule has 1 aliphatic heterocycles. The summed E-state index contributed by atoms with van der Waals surface area (Å²) in [5, 5.41) is 10.2. The number of hydrogen-bond donors (Lipinski definition) is 1. The smallest absolute Gasteiger partial charge is 0.410 e. The van der Waals surface area contributed by atoms with Crippen molar-refractivity contribution in [2.45, 2.75) is 64.2 Å². The molecule has 1 amide bonds. The number of aliphatic hydroxyl groups is 1. The van der Waals surface area contributed by atoms with Crippen molar-refractivity contribution in [3.05, 3.63) is 12.2 Å². The zero-order valence-electron chi connectivity index (χ0n) is 12.5. The van der Waals surface area contributed by atoms with Crippen molar-refractivity contribution >= 4 is 12.4 Å². The lowest BCUT2D eigenvalue weighted by Gasteiger charge is -2.31. The first kappa shape index (κ1) is 16.7. The van der Waals surface area contributed by atoms with Crippen molar-refractivity contribution in [3.8, 4) is 0 Å². The van der Waals surface area contributed by atoms with E-state index < -0.39 is 11.7 Å². The molecule has 0 bridgehead atoms. The van der Waals surface area contributed by atoms with Gasteiger partial charge in [0.2, 0.25) is 0 Å². The summed E-state index contributed by atoms with van der Waals surface area (Å²) in [6.07, 6.45) is 5.75. The second kappa shape index (κ2) is 7.43. The van der Waals surface area contributed by atoms with Gasteiger partial charge in [0.15, 0.2) is 0 Å². The summed E-state index contributed by atoms with van der Waals surface area (Å²) in [6.45, 7) is 6.12. The minimum Gasteiger partial charge on any atom is -0.444 e. The fourth-order valence-electron chi connectivity index (χ4n) is 2.35. The third-order valence-electron chi connectivity index (χ3n) is 3.22. The quantitative estimate of drug-likeness (QED) is 0.621. The Hall–Kier alpha value is -1.36. The van der Waals surface area contributed by atoms with Crippen molar-refractivity contribution in [1.82, 2.24) is 4.90 Å². The van der Waals surface area contributed by atoms with Crippen molar-refractivity contribution in [2.24, 2.45) is 0 Å². The molecule has 1 rings (SSSR count). The van der Waals surface area contributed by atoms with E-state index in [9.17, 15) is 14.7 Å². The summed E-state index contributed by atoms with van der Waals surface area (Å²) >= 11 is 0. The average molecular weight is 283 g/mol. The second-order valence-corrected chi connectivity index (χ2v) is 6.09. The van der Waals surface area contributed by atoms with Crippen molar-refractivity contribution in [2.75, 3.05) is 6.54 Å². The third kappa shape index (κ3) is 5.33. The molecule has 0 aromatic carbocycles. The van der Waals surface area contributed by atoms with E-state index in [0.717, 1.165) is 19.1 Å². The van der Waals surface area contributed by atoms with Crippen LogP contribution in [0.5, 0.6) is 0 Å². The molecule has 0 aromatic rings. The molecule has 20 heavy (non-hydrogen) atoms. The number of carbonyl (C=O) groups excluding carboxylic acids is 2. The number of rotatable bonds is 5. The van der Waals surface area contributed by atoms with Gasteiger partial charge in [-0.05, 0) is 52.5 Å².